The first kappa shape index (κ1) is 17.2. The maximum atomic E-state index is 13.8. The zero-order chi connectivity index (χ0) is 16.9. The summed E-state index contributed by atoms with van der Waals surface area (Å²) in [5, 5.41) is 3.72. The molecule has 5 nitrogen and oxygen atoms in total. The topological polar surface area (TPSA) is 49.3 Å². The standard InChI is InChI=1S/C17H20FNO4/c1-20-16-9-12(11-19-23-4)5-6-14(16)15-10-13(18)7-8-17(15,21-2)22-3/h5-7,9-11H,8H2,1-4H3. The molecule has 0 unspecified atom stereocenters. The lowest BCUT2D eigenvalue weighted by Crippen LogP contribution is -2.36. The van der Waals surface area contributed by atoms with E-state index in [4.69, 9.17) is 14.2 Å². The maximum absolute atomic E-state index is 13.8. The lowest BCUT2D eigenvalue weighted by molar-refractivity contribution is -0.159. The second kappa shape index (κ2) is 7.39. The summed E-state index contributed by atoms with van der Waals surface area (Å²) in [6.07, 6.45) is 4.66. The molecule has 0 atom stereocenters. The summed E-state index contributed by atoms with van der Waals surface area (Å²) < 4.78 is 30.3. The van der Waals surface area contributed by atoms with Gasteiger partial charge in [0, 0.05) is 31.8 Å². The van der Waals surface area contributed by atoms with E-state index >= 15 is 0 Å². The molecule has 2 rings (SSSR count). The van der Waals surface area contributed by atoms with Gasteiger partial charge in [0.25, 0.3) is 0 Å². The van der Waals surface area contributed by atoms with Crippen LogP contribution in [0.1, 0.15) is 17.5 Å². The zero-order valence-electron chi connectivity index (χ0n) is 13.6. The Morgan fingerprint density at radius 2 is 1.91 bits per heavy atom. The van der Waals surface area contributed by atoms with Crippen molar-refractivity contribution in [1.29, 1.82) is 0 Å². The lowest BCUT2D eigenvalue weighted by atomic mass is 9.89. The molecule has 1 aliphatic carbocycles. The second-order valence-corrected chi connectivity index (χ2v) is 4.89. The Bertz CT molecular complexity index is 648. The molecular formula is C17H20FNO4. The molecule has 0 aromatic heterocycles. The van der Waals surface area contributed by atoms with E-state index in [0.717, 1.165) is 5.56 Å². The Kier molecular flexibility index (Phi) is 5.52. The molecule has 0 fully saturated rings. The van der Waals surface area contributed by atoms with Gasteiger partial charge in [-0.25, -0.2) is 4.39 Å². The maximum Gasteiger partial charge on any atom is 0.198 e. The van der Waals surface area contributed by atoms with E-state index in [9.17, 15) is 4.39 Å². The molecule has 23 heavy (non-hydrogen) atoms. The van der Waals surface area contributed by atoms with E-state index in [1.165, 1.54) is 33.5 Å². The van der Waals surface area contributed by atoms with Gasteiger partial charge in [-0.1, -0.05) is 17.3 Å². The molecule has 0 saturated carbocycles. The number of methoxy groups -OCH3 is 3. The van der Waals surface area contributed by atoms with Gasteiger partial charge in [-0.2, -0.15) is 0 Å². The molecular weight excluding hydrogens is 301 g/mol. The number of halogens is 1. The fourth-order valence-corrected chi connectivity index (χ4v) is 2.53. The van der Waals surface area contributed by atoms with E-state index in [1.54, 1.807) is 19.4 Å². The number of nitrogens with zero attached hydrogens (tertiary/aromatic N) is 1. The van der Waals surface area contributed by atoms with Crippen LogP contribution in [0.3, 0.4) is 0 Å². The average Bonchev–Trinajstić information content (AvgIpc) is 2.60. The number of hydrogen-bond donors (Lipinski definition) is 0. The third-order valence-corrected chi connectivity index (χ3v) is 3.74. The predicted octanol–water partition coefficient (Wildman–Crippen LogP) is 3.31. The second-order valence-electron chi connectivity index (χ2n) is 4.89. The summed E-state index contributed by atoms with van der Waals surface area (Å²) in [4.78, 5) is 4.67. The SMILES string of the molecule is CON=Cc1ccc(C2=CC(F)=CCC2(OC)OC)c(OC)c1. The van der Waals surface area contributed by atoms with Crippen molar-refractivity contribution >= 4 is 11.8 Å². The number of hydrogen-bond acceptors (Lipinski definition) is 5. The highest BCUT2D eigenvalue weighted by Crippen LogP contribution is 2.42. The number of oxime groups is 1. The van der Waals surface area contributed by atoms with Crippen LogP contribution in [-0.2, 0) is 14.3 Å². The average molecular weight is 321 g/mol. The van der Waals surface area contributed by atoms with Crippen molar-refractivity contribution in [2.45, 2.75) is 12.2 Å². The minimum absolute atomic E-state index is 0.272. The van der Waals surface area contributed by atoms with Crippen LogP contribution in [0.15, 0.2) is 41.3 Å². The van der Waals surface area contributed by atoms with Gasteiger partial charge in [0.15, 0.2) is 5.79 Å². The van der Waals surface area contributed by atoms with E-state index in [1.807, 2.05) is 12.1 Å². The van der Waals surface area contributed by atoms with Crippen molar-refractivity contribution in [2.75, 3.05) is 28.4 Å². The number of rotatable bonds is 6. The quantitative estimate of drug-likeness (QED) is 0.458. The molecule has 0 aliphatic heterocycles. The molecule has 0 radical (unpaired) electrons. The molecule has 1 aromatic carbocycles. The lowest BCUT2D eigenvalue weighted by Gasteiger charge is -2.35. The summed E-state index contributed by atoms with van der Waals surface area (Å²) in [7, 11) is 6.07. The summed E-state index contributed by atoms with van der Waals surface area (Å²) in [5.41, 5.74) is 2.05. The van der Waals surface area contributed by atoms with E-state index in [-0.39, 0.29) is 12.2 Å². The van der Waals surface area contributed by atoms with Crippen molar-refractivity contribution in [3.63, 3.8) is 0 Å². The Morgan fingerprint density at radius 1 is 1.17 bits per heavy atom. The van der Waals surface area contributed by atoms with E-state index in [2.05, 4.69) is 9.99 Å². The molecule has 0 heterocycles. The van der Waals surface area contributed by atoms with Crippen LogP contribution >= 0.6 is 0 Å². The normalized spacial score (nSPS) is 16.9. The summed E-state index contributed by atoms with van der Waals surface area (Å²) in [6, 6.07) is 5.42. The van der Waals surface area contributed by atoms with Crippen molar-refractivity contribution < 1.29 is 23.4 Å². The van der Waals surface area contributed by atoms with Crippen LogP contribution in [0.5, 0.6) is 5.75 Å². The Morgan fingerprint density at radius 3 is 2.52 bits per heavy atom. The summed E-state index contributed by atoms with van der Waals surface area (Å²) in [5.74, 6) is -0.827. The summed E-state index contributed by atoms with van der Waals surface area (Å²) in [6.45, 7) is 0. The van der Waals surface area contributed by atoms with Crippen molar-refractivity contribution in [3.05, 3.63) is 47.3 Å². The van der Waals surface area contributed by atoms with Crippen LogP contribution in [0.25, 0.3) is 5.57 Å². The van der Waals surface area contributed by atoms with Crippen LogP contribution in [0, 0.1) is 0 Å². The highest BCUT2D eigenvalue weighted by atomic mass is 19.1. The highest BCUT2D eigenvalue weighted by molar-refractivity contribution is 5.84. The van der Waals surface area contributed by atoms with Crippen LogP contribution in [0.2, 0.25) is 0 Å². The Hall–Kier alpha value is -2.18. The Balaban J connectivity index is 2.54. The smallest absolute Gasteiger partial charge is 0.198 e. The molecule has 6 heteroatoms. The number of ether oxygens (including phenoxy) is 3. The van der Waals surface area contributed by atoms with Gasteiger partial charge in [-0.3, -0.25) is 0 Å². The fraction of sp³-hybridized carbons (Fsp3) is 0.353. The fourth-order valence-electron chi connectivity index (χ4n) is 2.53. The molecule has 0 N–H and O–H groups in total. The van der Waals surface area contributed by atoms with Crippen molar-refractivity contribution in [3.8, 4) is 5.75 Å². The van der Waals surface area contributed by atoms with E-state index < -0.39 is 5.79 Å². The molecule has 0 amide bonds. The number of benzene rings is 1. The Labute approximate surface area is 135 Å². The predicted molar refractivity (Wildman–Crippen MR) is 86.1 cm³/mol. The third kappa shape index (κ3) is 3.43. The van der Waals surface area contributed by atoms with Crippen LogP contribution < -0.4 is 4.74 Å². The van der Waals surface area contributed by atoms with E-state index in [0.29, 0.717) is 16.9 Å². The monoisotopic (exact) mass is 321 g/mol. The molecule has 0 bridgehead atoms. The van der Waals surface area contributed by atoms with Gasteiger partial charge in [-0.15, -0.1) is 0 Å². The first-order chi connectivity index (χ1) is 11.1. The van der Waals surface area contributed by atoms with Gasteiger partial charge in [-0.05, 0) is 23.8 Å². The zero-order valence-corrected chi connectivity index (χ0v) is 13.6. The molecule has 0 spiro atoms. The van der Waals surface area contributed by atoms with Gasteiger partial charge in [0.1, 0.15) is 18.7 Å². The molecule has 1 aromatic rings. The highest BCUT2D eigenvalue weighted by Gasteiger charge is 2.38. The third-order valence-electron chi connectivity index (χ3n) is 3.74. The minimum atomic E-state index is -1.05. The first-order valence-electron chi connectivity index (χ1n) is 7.03. The van der Waals surface area contributed by atoms with Gasteiger partial charge in [0.2, 0.25) is 0 Å². The first-order valence-corrected chi connectivity index (χ1v) is 7.03. The van der Waals surface area contributed by atoms with Crippen LogP contribution in [-0.4, -0.2) is 40.4 Å². The minimum Gasteiger partial charge on any atom is -0.496 e. The largest absolute Gasteiger partial charge is 0.496 e. The van der Waals surface area contributed by atoms with Crippen molar-refractivity contribution in [1.82, 2.24) is 0 Å². The van der Waals surface area contributed by atoms with Crippen LogP contribution in [0.4, 0.5) is 4.39 Å². The molecule has 124 valence electrons. The van der Waals surface area contributed by atoms with Crippen molar-refractivity contribution in [2.24, 2.45) is 5.16 Å². The molecule has 0 saturated heterocycles. The van der Waals surface area contributed by atoms with Gasteiger partial charge in [0.05, 0.1) is 13.3 Å². The summed E-state index contributed by atoms with van der Waals surface area (Å²) >= 11 is 0. The molecule has 1 aliphatic rings. The van der Waals surface area contributed by atoms with Gasteiger partial charge < -0.3 is 19.0 Å². The van der Waals surface area contributed by atoms with Gasteiger partial charge >= 0.3 is 0 Å². The number of allylic oxidation sites excluding steroid dienone is 2.